The summed E-state index contributed by atoms with van der Waals surface area (Å²) in [6.45, 7) is 5.19. The number of morpholine rings is 1. The van der Waals surface area contributed by atoms with Crippen LogP contribution < -0.4 is 5.32 Å². The van der Waals surface area contributed by atoms with Crippen molar-refractivity contribution in [3.8, 4) is 10.6 Å². The van der Waals surface area contributed by atoms with E-state index in [4.69, 9.17) is 9.72 Å². The number of hydrogen-bond acceptors (Lipinski definition) is 6. The summed E-state index contributed by atoms with van der Waals surface area (Å²) in [7, 11) is -3.69. The Hall–Kier alpha value is -3.11. The number of nitrogens with zero attached hydrogens (tertiary/aromatic N) is 2. The Labute approximate surface area is 208 Å². The molecular formula is C26H25N3O4S2. The number of carbonyl (C=O) groups is 1. The molecule has 1 aromatic heterocycles. The van der Waals surface area contributed by atoms with E-state index in [1.165, 1.54) is 15.9 Å². The molecule has 1 saturated heterocycles. The van der Waals surface area contributed by atoms with E-state index in [9.17, 15) is 13.2 Å². The number of thiazole rings is 1. The fourth-order valence-corrected chi connectivity index (χ4v) is 6.50. The maximum atomic E-state index is 13.0. The normalized spacial score (nSPS) is 14.8. The summed E-state index contributed by atoms with van der Waals surface area (Å²) in [5.41, 5.74) is 4.78. The quantitative estimate of drug-likeness (QED) is 0.417. The van der Waals surface area contributed by atoms with Crippen LogP contribution in [0.2, 0.25) is 0 Å². The lowest BCUT2D eigenvalue weighted by atomic mass is 10.1. The van der Waals surface area contributed by atoms with Gasteiger partial charge in [-0.05, 0) is 73.5 Å². The molecule has 0 saturated carbocycles. The molecule has 9 heteroatoms. The van der Waals surface area contributed by atoms with Crippen LogP contribution in [0.3, 0.4) is 0 Å². The van der Waals surface area contributed by atoms with E-state index < -0.39 is 10.0 Å². The van der Waals surface area contributed by atoms with Crippen LogP contribution in [-0.2, 0) is 14.8 Å². The molecule has 2 heterocycles. The zero-order valence-corrected chi connectivity index (χ0v) is 21.1. The van der Waals surface area contributed by atoms with E-state index in [0.717, 1.165) is 20.8 Å². The van der Waals surface area contributed by atoms with Gasteiger partial charge in [0.2, 0.25) is 10.0 Å². The van der Waals surface area contributed by atoms with Crippen molar-refractivity contribution in [1.82, 2.24) is 9.29 Å². The molecule has 1 N–H and O–H groups in total. The minimum Gasteiger partial charge on any atom is -0.379 e. The first-order chi connectivity index (χ1) is 16.8. The Bertz CT molecular complexity index is 1510. The summed E-state index contributed by atoms with van der Waals surface area (Å²) in [5.74, 6) is -0.357. The number of rotatable bonds is 5. The van der Waals surface area contributed by atoms with Gasteiger partial charge >= 0.3 is 0 Å². The molecule has 1 amide bonds. The maximum absolute atomic E-state index is 13.0. The van der Waals surface area contributed by atoms with E-state index in [-0.39, 0.29) is 10.8 Å². The van der Waals surface area contributed by atoms with Crippen molar-refractivity contribution in [2.24, 2.45) is 0 Å². The predicted octanol–water partition coefficient (Wildman–Crippen LogP) is 4.85. The van der Waals surface area contributed by atoms with Gasteiger partial charge in [0.25, 0.3) is 5.91 Å². The van der Waals surface area contributed by atoms with Crippen LogP contribution in [0, 0.1) is 13.8 Å². The lowest BCUT2D eigenvalue weighted by Gasteiger charge is -2.26. The maximum Gasteiger partial charge on any atom is 0.255 e. The minimum absolute atomic E-state index is 0.108. The number of nitrogens with one attached hydrogen (secondary N) is 1. The Morgan fingerprint density at radius 3 is 2.49 bits per heavy atom. The first-order valence-corrected chi connectivity index (χ1v) is 13.5. The second-order valence-electron chi connectivity index (χ2n) is 8.51. The van der Waals surface area contributed by atoms with Gasteiger partial charge in [0.1, 0.15) is 5.01 Å². The van der Waals surface area contributed by atoms with Crippen LogP contribution in [-0.4, -0.2) is 49.9 Å². The highest BCUT2D eigenvalue weighted by Crippen LogP contribution is 2.31. The lowest BCUT2D eigenvalue weighted by Crippen LogP contribution is -2.40. The highest BCUT2D eigenvalue weighted by Gasteiger charge is 2.27. The Morgan fingerprint density at radius 2 is 1.74 bits per heavy atom. The van der Waals surface area contributed by atoms with Gasteiger partial charge in [-0.2, -0.15) is 4.31 Å². The molecule has 0 radical (unpaired) electrons. The monoisotopic (exact) mass is 507 g/mol. The third kappa shape index (κ3) is 4.85. The standard InChI is InChI=1S/C26H25N3O4S2/c1-17-3-10-23-24(15-17)34-26(28-23)19-5-7-20(8-6-19)27-25(30)22-16-21(9-4-18(22)2)35(31,32)29-11-13-33-14-12-29/h3-10,15-16H,11-14H2,1-2H3,(H,27,30). The number of aromatic nitrogens is 1. The number of hydrogen-bond donors (Lipinski definition) is 1. The zero-order valence-electron chi connectivity index (χ0n) is 19.4. The number of sulfonamides is 1. The number of aryl methyl sites for hydroxylation is 2. The second-order valence-corrected chi connectivity index (χ2v) is 11.5. The van der Waals surface area contributed by atoms with Gasteiger partial charge in [0, 0.05) is 29.9 Å². The van der Waals surface area contributed by atoms with Crippen LogP contribution >= 0.6 is 11.3 Å². The average molecular weight is 508 g/mol. The van der Waals surface area contributed by atoms with Crippen LogP contribution in [0.5, 0.6) is 0 Å². The van der Waals surface area contributed by atoms with E-state index in [1.807, 2.05) is 36.4 Å². The first-order valence-electron chi connectivity index (χ1n) is 11.3. The Morgan fingerprint density at radius 1 is 1.00 bits per heavy atom. The van der Waals surface area contributed by atoms with Gasteiger partial charge in [0.15, 0.2) is 0 Å². The van der Waals surface area contributed by atoms with Crippen molar-refractivity contribution in [1.29, 1.82) is 0 Å². The molecule has 0 unspecified atom stereocenters. The molecule has 35 heavy (non-hydrogen) atoms. The minimum atomic E-state index is -3.69. The number of fused-ring (bicyclic) bond motifs is 1. The lowest BCUT2D eigenvalue weighted by molar-refractivity contribution is 0.0730. The van der Waals surface area contributed by atoms with Crippen LogP contribution in [0.25, 0.3) is 20.8 Å². The number of benzene rings is 3. The summed E-state index contributed by atoms with van der Waals surface area (Å²) in [6, 6.07) is 18.4. The van der Waals surface area contributed by atoms with Crippen molar-refractivity contribution < 1.29 is 17.9 Å². The topological polar surface area (TPSA) is 88.6 Å². The number of carbonyl (C=O) groups excluding carboxylic acids is 1. The highest BCUT2D eigenvalue weighted by atomic mass is 32.2. The van der Waals surface area contributed by atoms with Gasteiger partial charge in [0.05, 0.1) is 28.3 Å². The third-order valence-electron chi connectivity index (χ3n) is 6.00. The van der Waals surface area contributed by atoms with Crippen LogP contribution in [0.4, 0.5) is 5.69 Å². The second kappa shape index (κ2) is 9.50. The number of anilines is 1. The molecule has 0 aliphatic carbocycles. The molecule has 0 bridgehead atoms. The molecule has 0 atom stereocenters. The summed E-state index contributed by atoms with van der Waals surface area (Å²) >= 11 is 1.63. The molecule has 1 aliphatic heterocycles. The summed E-state index contributed by atoms with van der Waals surface area (Å²) in [5, 5.41) is 3.80. The predicted molar refractivity (Wildman–Crippen MR) is 139 cm³/mol. The van der Waals surface area contributed by atoms with Gasteiger partial charge < -0.3 is 10.1 Å². The van der Waals surface area contributed by atoms with Crippen LogP contribution in [0.1, 0.15) is 21.5 Å². The fraction of sp³-hybridized carbons (Fsp3) is 0.231. The molecule has 180 valence electrons. The summed E-state index contributed by atoms with van der Waals surface area (Å²) < 4.78 is 33.8. The first kappa shape index (κ1) is 23.6. The van der Waals surface area contributed by atoms with E-state index >= 15 is 0 Å². The van der Waals surface area contributed by atoms with Crippen molar-refractivity contribution >= 4 is 43.2 Å². The fourth-order valence-electron chi connectivity index (χ4n) is 3.99. The molecule has 7 nitrogen and oxygen atoms in total. The Kier molecular flexibility index (Phi) is 6.41. The molecule has 3 aromatic carbocycles. The van der Waals surface area contributed by atoms with Crippen molar-refractivity contribution in [3.63, 3.8) is 0 Å². The van der Waals surface area contributed by atoms with E-state index in [2.05, 4.69) is 18.3 Å². The highest BCUT2D eigenvalue weighted by molar-refractivity contribution is 7.89. The van der Waals surface area contributed by atoms with Gasteiger partial charge in [-0.15, -0.1) is 11.3 Å². The SMILES string of the molecule is Cc1ccc2nc(-c3ccc(NC(=O)c4cc(S(=O)(=O)N5CCOCC5)ccc4C)cc3)sc2c1. The molecule has 1 fully saturated rings. The summed E-state index contributed by atoms with van der Waals surface area (Å²) in [6.07, 6.45) is 0. The third-order valence-corrected chi connectivity index (χ3v) is 8.96. The smallest absolute Gasteiger partial charge is 0.255 e. The number of amides is 1. The zero-order chi connectivity index (χ0) is 24.6. The molecule has 5 rings (SSSR count). The van der Waals surface area contributed by atoms with Crippen molar-refractivity contribution in [2.75, 3.05) is 31.6 Å². The van der Waals surface area contributed by atoms with Gasteiger partial charge in [-0.3, -0.25) is 4.79 Å². The number of ether oxygens (including phenoxy) is 1. The van der Waals surface area contributed by atoms with Crippen LogP contribution in [0.15, 0.2) is 65.6 Å². The molecule has 0 spiro atoms. The van der Waals surface area contributed by atoms with Crippen molar-refractivity contribution in [2.45, 2.75) is 18.7 Å². The van der Waals surface area contributed by atoms with Gasteiger partial charge in [-0.1, -0.05) is 12.1 Å². The molecular weight excluding hydrogens is 482 g/mol. The van der Waals surface area contributed by atoms with Gasteiger partial charge in [-0.25, -0.2) is 13.4 Å². The molecule has 1 aliphatic rings. The largest absolute Gasteiger partial charge is 0.379 e. The van der Waals surface area contributed by atoms with Crippen molar-refractivity contribution in [3.05, 3.63) is 77.4 Å². The summed E-state index contributed by atoms with van der Waals surface area (Å²) in [4.78, 5) is 17.9. The van der Waals surface area contributed by atoms with E-state index in [0.29, 0.717) is 43.1 Å². The molecule has 4 aromatic rings. The Balaban J connectivity index is 1.35. The average Bonchev–Trinajstić information content (AvgIpc) is 3.28. The van der Waals surface area contributed by atoms with E-state index in [1.54, 1.807) is 30.4 Å².